The summed E-state index contributed by atoms with van der Waals surface area (Å²) in [5.74, 6) is -1.02. The van der Waals surface area contributed by atoms with Crippen LogP contribution < -0.4 is 0 Å². The van der Waals surface area contributed by atoms with Gasteiger partial charge in [-0.05, 0) is 6.07 Å². The Kier molecular flexibility index (Phi) is 2.92. The summed E-state index contributed by atoms with van der Waals surface area (Å²) in [7, 11) is 0. The van der Waals surface area contributed by atoms with E-state index in [1.165, 1.54) is 5.54 Å². The van der Waals surface area contributed by atoms with Crippen LogP contribution in [-0.2, 0) is 6.54 Å². The smallest absolute Gasteiger partial charge is 0.357 e. The fourth-order valence-electron chi connectivity index (χ4n) is 1.56. The van der Waals surface area contributed by atoms with Crippen LogP contribution in [0.4, 0.5) is 0 Å². The van der Waals surface area contributed by atoms with Crippen molar-refractivity contribution in [2.24, 2.45) is 0 Å². The number of allylic oxidation sites excluding steroid dienone is 1. The first-order chi connectivity index (χ1) is 7.74. The van der Waals surface area contributed by atoms with Crippen LogP contribution in [0.1, 0.15) is 10.5 Å². The first-order valence-electron chi connectivity index (χ1n) is 4.68. The van der Waals surface area contributed by atoms with E-state index in [1.54, 1.807) is 22.9 Å². The molecule has 2 aromatic rings. The molecule has 82 valence electrons. The zero-order chi connectivity index (χ0) is 11.5. The fourth-order valence-corrected chi connectivity index (χ4v) is 1.64. The van der Waals surface area contributed by atoms with Crippen LogP contribution in [-0.4, -0.2) is 20.9 Å². The van der Waals surface area contributed by atoms with Crippen molar-refractivity contribution >= 4 is 28.5 Å². The molecule has 0 amide bonds. The van der Waals surface area contributed by atoms with Crippen molar-refractivity contribution in [2.75, 3.05) is 0 Å². The van der Waals surface area contributed by atoms with Crippen LogP contribution in [0.3, 0.4) is 0 Å². The van der Waals surface area contributed by atoms with Crippen molar-refractivity contribution in [1.82, 2.24) is 9.78 Å². The van der Waals surface area contributed by atoms with Crippen molar-refractivity contribution in [3.8, 4) is 0 Å². The Morgan fingerprint density at radius 2 is 2.25 bits per heavy atom. The minimum absolute atomic E-state index is 0.0681. The van der Waals surface area contributed by atoms with Gasteiger partial charge in [-0.1, -0.05) is 35.9 Å². The Hall–Kier alpha value is -1.81. The van der Waals surface area contributed by atoms with Gasteiger partial charge in [0.1, 0.15) is 0 Å². The van der Waals surface area contributed by atoms with Crippen molar-refractivity contribution in [3.05, 3.63) is 41.6 Å². The van der Waals surface area contributed by atoms with Gasteiger partial charge in [0, 0.05) is 10.9 Å². The topological polar surface area (TPSA) is 55.1 Å². The third-order valence-corrected chi connectivity index (χ3v) is 2.41. The Morgan fingerprint density at radius 1 is 1.50 bits per heavy atom. The predicted octanol–water partition coefficient (Wildman–Crippen LogP) is 2.49. The molecule has 1 N–H and O–H groups in total. The van der Waals surface area contributed by atoms with E-state index in [9.17, 15) is 4.79 Å². The van der Waals surface area contributed by atoms with Gasteiger partial charge in [-0.3, -0.25) is 4.68 Å². The molecule has 4 nitrogen and oxygen atoms in total. The van der Waals surface area contributed by atoms with Crippen LogP contribution in [0.25, 0.3) is 10.9 Å². The van der Waals surface area contributed by atoms with Gasteiger partial charge in [-0.25, -0.2) is 4.79 Å². The summed E-state index contributed by atoms with van der Waals surface area (Å²) < 4.78 is 1.61. The largest absolute Gasteiger partial charge is 0.476 e. The Bertz CT molecular complexity index is 560. The van der Waals surface area contributed by atoms with Gasteiger partial charge in [0.25, 0.3) is 0 Å². The molecule has 2 rings (SSSR count). The van der Waals surface area contributed by atoms with E-state index in [0.717, 1.165) is 5.52 Å². The molecule has 0 aliphatic rings. The molecule has 0 unspecified atom stereocenters. The van der Waals surface area contributed by atoms with E-state index in [0.29, 0.717) is 11.9 Å². The van der Waals surface area contributed by atoms with Gasteiger partial charge in [0.15, 0.2) is 5.69 Å². The fraction of sp³-hybridized carbons (Fsp3) is 0.0909. The maximum Gasteiger partial charge on any atom is 0.357 e. The highest BCUT2D eigenvalue weighted by Gasteiger charge is 2.14. The van der Waals surface area contributed by atoms with E-state index < -0.39 is 5.97 Å². The second kappa shape index (κ2) is 4.37. The molecule has 0 saturated carbocycles. The van der Waals surface area contributed by atoms with Gasteiger partial charge in [-0.2, -0.15) is 5.10 Å². The quantitative estimate of drug-likeness (QED) is 0.891. The third-order valence-electron chi connectivity index (χ3n) is 2.23. The lowest BCUT2D eigenvalue weighted by atomic mass is 10.2. The molecule has 1 aromatic carbocycles. The zero-order valence-corrected chi connectivity index (χ0v) is 9.05. The Balaban J connectivity index is 2.61. The summed E-state index contributed by atoms with van der Waals surface area (Å²) in [4.78, 5) is 11.0. The van der Waals surface area contributed by atoms with Crippen LogP contribution in [0, 0.1) is 0 Å². The minimum Gasteiger partial charge on any atom is -0.476 e. The normalized spacial score (nSPS) is 11.3. The summed E-state index contributed by atoms with van der Waals surface area (Å²) in [6, 6.07) is 7.21. The number of nitrogens with zero attached hydrogens (tertiary/aromatic N) is 2. The third kappa shape index (κ3) is 1.79. The van der Waals surface area contributed by atoms with E-state index in [1.807, 2.05) is 12.1 Å². The standard InChI is InChI=1S/C11H9ClN2O2/c12-6-3-7-14-9-5-2-1-4-8(9)10(13-14)11(15)16/h1-6H,7H2,(H,15,16). The molecular weight excluding hydrogens is 228 g/mol. The van der Waals surface area contributed by atoms with Crippen molar-refractivity contribution in [3.63, 3.8) is 0 Å². The van der Waals surface area contributed by atoms with Gasteiger partial charge in [-0.15, -0.1) is 0 Å². The van der Waals surface area contributed by atoms with Crippen LogP contribution >= 0.6 is 11.6 Å². The maximum absolute atomic E-state index is 11.0. The molecule has 0 radical (unpaired) electrons. The van der Waals surface area contributed by atoms with Crippen molar-refractivity contribution in [2.45, 2.75) is 6.54 Å². The number of carbonyl (C=O) groups is 1. The lowest BCUT2D eigenvalue weighted by Gasteiger charge is -1.96. The second-order valence-electron chi connectivity index (χ2n) is 3.21. The first kappa shape index (κ1) is 10.7. The number of rotatable bonds is 3. The highest BCUT2D eigenvalue weighted by atomic mass is 35.5. The minimum atomic E-state index is -1.02. The van der Waals surface area contributed by atoms with E-state index in [-0.39, 0.29) is 5.69 Å². The number of halogens is 1. The monoisotopic (exact) mass is 236 g/mol. The molecule has 0 aliphatic heterocycles. The Morgan fingerprint density at radius 3 is 2.94 bits per heavy atom. The average Bonchev–Trinajstić information content (AvgIpc) is 2.65. The number of carboxylic acids is 1. The molecule has 0 aliphatic carbocycles. The maximum atomic E-state index is 11.0. The molecule has 0 fully saturated rings. The number of benzene rings is 1. The van der Waals surface area contributed by atoms with Crippen molar-refractivity contribution < 1.29 is 9.90 Å². The molecule has 16 heavy (non-hydrogen) atoms. The molecule has 1 aromatic heterocycles. The molecule has 5 heteroatoms. The average molecular weight is 237 g/mol. The highest BCUT2D eigenvalue weighted by molar-refractivity contribution is 6.25. The molecule has 0 atom stereocenters. The molecule has 0 bridgehead atoms. The van der Waals surface area contributed by atoms with Gasteiger partial charge in [0.2, 0.25) is 0 Å². The van der Waals surface area contributed by atoms with Crippen LogP contribution in [0.5, 0.6) is 0 Å². The SMILES string of the molecule is O=C(O)c1nn(CC=CCl)c2ccccc12. The van der Waals surface area contributed by atoms with Gasteiger partial charge in [0.05, 0.1) is 12.1 Å². The number of fused-ring (bicyclic) bond motifs is 1. The summed E-state index contributed by atoms with van der Waals surface area (Å²) in [6.45, 7) is 0.456. The number of aromatic nitrogens is 2. The van der Waals surface area contributed by atoms with Gasteiger partial charge < -0.3 is 5.11 Å². The Labute approximate surface area is 96.7 Å². The molecule has 0 saturated heterocycles. The van der Waals surface area contributed by atoms with E-state index >= 15 is 0 Å². The lowest BCUT2D eigenvalue weighted by Crippen LogP contribution is -2.01. The number of carboxylic acid groups (broad SMARTS) is 1. The van der Waals surface area contributed by atoms with E-state index in [4.69, 9.17) is 16.7 Å². The van der Waals surface area contributed by atoms with Gasteiger partial charge >= 0.3 is 5.97 Å². The van der Waals surface area contributed by atoms with Crippen molar-refractivity contribution in [1.29, 1.82) is 0 Å². The first-order valence-corrected chi connectivity index (χ1v) is 5.11. The predicted molar refractivity (Wildman–Crippen MR) is 61.7 cm³/mol. The van der Waals surface area contributed by atoms with Crippen LogP contribution in [0.15, 0.2) is 35.9 Å². The van der Waals surface area contributed by atoms with E-state index in [2.05, 4.69) is 5.10 Å². The molecular formula is C11H9ClN2O2. The second-order valence-corrected chi connectivity index (χ2v) is 3.47. The highest BCUT2D eigenvalue weighted by Crippen LogP contribution is 2.18. The summed E-state index contributed by atoms with van der Waals surface area (Å²) >= 11 is 5.43. The number of aromatic carboxylic acids is 1. The molecule has 0 spiro atoms. The zero-order valence-electron chi connectivity index (χ0n) is 8.30. The summed E-state index contributed by atoms with van der Waals surface area (Å²) in [5.41, 5.74) is 2.24. The number of hydrogen-bond acceptors (Lipinski definition) is 2. The number of hydrogen-bond donors (Lipinski definition) is 1. The molecule has 1 heterocycles. The van der Waals surface area contributed by atoms with Crippen LogP contribution in [0.2, 0.25) is 0 Å². The summed E-state index contributed by atoms with van der Waals surface area (Å²) in [5, 5.41) is 13.7. The number of para-hydroxylation sites is 1. The summed E-state index contributed by atoms with van der Waals surface area (Å²) in [6.07, 6.45) is 1.70. The lowest BCUT2D eigenvalue weighted by molar-refractivity contribution is 0.0691.